The average Bonchev–Trinajstić information content (AvgIpc) is 3.40. The van der Waals surface area contributed by atoms with Gasteiger partial charge >= 0.3 is 6.18 Å². The summed E-state index contributed by atoms with van der Waals surface area (Å²) in [6.45, 7) is 2.78. The van der Waals surface area contributed by atoms with Gasteiger partial charge in [0.05, 0.1) is 61.6 Å². The second-order valence-corrected chi connectivity index (χ2v) is 13.1. The fraction of sp³-hybridized carbons (Fsp3) is 0.500. The van der Waals surface area contributed by atoms with Gasteiger partial charge < -0.3 is 30.0 Å². The SMILES string of the molecule is CNC(=O)c1cc(NCC#Cc2cc(C(=O)NC3C(C)CN(C4CC5(COC5)C4)CC3F)c3ncn(CC(F)(F)F)c3c2)c(OC)cc1F. The molecule has 1 spiro atoms. The molecule has 3 atom stereocenters. The van der Waals surface area contributed by atoms with Crippen LogP contribution >= 0.6 is 0 Å². The minimum Gasteiger partial charge on any atom is -0.494 e. The highest BCUT2D eigenvalue weighted by Crippen LogP contribution is 2.49. The molecular weight excluding hydrogens is 651 g/mol. The zero-order chi connectivity index (χ0) is 35.1. The van der Waals surface area contributed by atoms with Crippen molar-refractivity contribution in [2.45, 2.75) is 50.7 Å². The number of halogens is 5. The third-order valence-corrected chi connectivity index (χ3v) is 9.58. The van der Waals surface area contributed by atoms with Crippen LogP contribution in [0.25, 0.3) is 11.0 Å². The van der Waals surface area contributed by atoms with E-state index in [0.717, 1.165) is 43.0 Å². The number of rotatable bonds is 8. The number of aromatic nitrogens is 2. The lowest BCUT2D eigenvalue weighted by molar-refractivity contribution is -0.189. The Balaban J connectivity index is 1.21. The van der Waals surface area contributed by atoms with E-state index < -0.39 is 42.6 Å². The van der Waals surface area contributed by atoms with Crippen LogP contribution in [-0.4, -0.2) is 97.7 Å². The van der Waals surface area contributed by atoms with Crippen molar-refractivity contribution in [2.75, 3.05) is 52.3 Å². The molecule has 262 valence electrons. The Morgan fingerprint density at radius 2 is 1.88 bits per heavy atom. The van der Waals surface area contributed by atoms with Crippen molar-refractivity contribution in [3.8, 4) is 17.6 Å². The third kappa shape index (κ3) is 7.16. The van der Waals surface area contributed by atoms with Gasteiger partial charge in [-0.25, -0.2) is 13.8 Å². The van der Waals surface area contributed by atoms with Crippen LogP contribution in [0.5, 0.6) is 5.75 Å². The van der Waals surface area contributed by atoms with Crippen molar-refractivity contribution >= 4 is 28.5 Å². The lowest BCUT2D eigenvalue weighted by Gasteiger charge is -2.58. The average molecular weight is 689 g/mol. The third-order valence-electron chi connectivity index (χ3n) is 9.58. The number of nitrogens with one attached hydrogen (secondary N) is 3. The first-order valence-corrected chi connectivity index (χ1v) is 15.9. The molecule has 3 unspecified atom stereocenters. The first kappa shape index (κ1) is 34.4. The van der Waals surface area contributed by atoms with Crippen LogP contribution in [-0.2, 0) is 11.3 Å². The van der Waals surface area contributed by atoms with Crippen LogP contribution in [0, 0.1) is 29.0 Å². The summed E-state index contributed by atoms with van der Waals surface area (Å²) in [6, 6.07) is 4.62. The summed E-state index contributed by atoms with van der Waals surface area (Å²) in [5, 5.41) is 8.10. The fourth-order valence-electron chi connectivity index (χ4n) is 7.02. The molecule has 2 amide bonds. The molecule has 2 saturated heterocycles. The zero-order valence-corrected chi connectivity index (χ0v) is 27.2. The molecule has 0 bridgehead atoms. The first-order chi connectivity index (χ1) is 23.3. The largest absolute Gasteiger partial charge is 0.494 e. The van der Waals surface area contributed by atoms with Gasteiger partial charge in [0.1, 0.15) is 29.8 Å². The zero-order valence-electron chi connectivity index (χ0n) is 27.2. The molecule has 1 aliphatic carbocycles. The lowest BCUT2D eigenvalue weighted by Crippen LogP contribution is -2.65. The van der Waals surface area contributed by atoms with Gasteiger partial charge in [-0.1, -0.05) is 18.8 Å². The summed E-state index contributed by atoms with van der Waals surface area (Å²) in [6.07, 6.45) is -2.95. The van der Waals surface area contributed by atoms with Gasteiger partial charge in [0.25, 0.3) is 11.8 Å². The number of amides is 2. The maximum atomic E-state index is 15.6. The Morgan fingerprint density at radius 3 is 2.51 bits per heavy atom. The number of hydrogen-bond donors (Lipinski definition) is 3. The Kier molecular flexibility index (Phi) is 9.47. The summed E-state index contributed by atoms with van der Waals surface area (Å²) < 4.78 is 81.7. The van der Waals surface area contributed by atoms with Crippen LogP contribution in [0.15, 0.2) is 30.6 Å². The summed E-state index contributed by atoms with van der Waals surface area (Å²) in [5.74, 6) is 3.51. The van der Waals surface area contributed by atoms with Crippen molar-refractivity contribution in [1.82, 2.24) is 25.1 Å². The quantitative estimate of drug-likeness (QED) is 0.241. The number of nitrogens with zero attached hydrogens (tertiary/aromatic N) is 3. The van der Waals surface area contributed by atoms with Crippen LogP contribution < -0.4 is 20.7 Å². The second-order valence-electron chi connectivity index (χ2n) is 13.1. The molecule has 2 aromatic carbocycles. The van der Waals surface area contributed by atoms with Gasteiger partial charge in [0, 0.05) is 43.2 Å². The van der Waals surface area contributed by atoms with Gasteiger partial charge in [-0.3, -0.25) is 14.5 Å². The predicted octanol–water partition coefficient (Wildman–Crippen LogP) is 4.14. The highest BCUT2D eigenvalue weighted by atomic mass is 19.4. The molecule has 3 aliphatic rings. The smallest absolute Gasteiger partial charge is 0.406 e. The number of methoxy groups -OCH3 is 1. The molecule has 3 N–H and O–H groups in total. The molecular formula is C34H37F5N6O4. The first-order valence-electron chi connectivity index (χ1n) is 15.9. The monoisotopic (exact) mass is 688 g/mol. The maximum Gasteiger partial charge on any atom is 0.406 e. The number of fused-ring (bicyclic) bond motifs is 1. The molecule has 0 radical (unpaired) electrons. The Bertz CT molecular complexity index is 1790. The molecule has 49 heavy (non-hydrogen) atoms. The molecule has 2 aliphatic heterocycles. The summed E-state index contributed by atoms with van der Waals surface area (Å²) in [7, 11) is 2.70. The summed E-state index contributed by atoms with van der Waals surface area (Å²) in [5.41, 5.74) is 0.568. The van der Waals surface area contributed by atoms with E-state index in [1.54, 1.807) is 0 Å². The molecule has 1 aromatic heterocycles. The molecule has 1 saturated carbocycles. The number of ether oxygens (including phenoxy) is 2. The molecule has 3 fully saturated rings. The minimum absolute atomic E-state index is 0.0288. The molecule has 6 rings (SSSR count). The van der Waals surface area contributed by atoms with Crippen molar-refractivity contribution < 1.29 is 41.0 Å². The van der Waals surface area contributed by atoms with E-state index in [1.165, 1.54) is 32.4 Å². The fourth-order valence-corrected chi connectivity index (χ4v) is 7.02. The highest BCUT2D eigenvalue weighted by Gasteiger charge is 2.53. The van der Waals surface area contributed by atoms with Crippen LogP contribution in [0.4, 0.5) is 27.6 Å². The van der Waals surface area contributed by atoms with E-state index in [9.17, 15) is 27.2 Å². The van der Waals surface area contributed by atoms with Crippen LogP contribution in [0.1, 0.15) is 46.0 Å². The van der Waals surface area contributed by atoms with Gasteiger partial charge in [0.2, 0.25) is 0 Å². The van der Waals surface area contributed by atoms with Crippen molar-refractivity contribution in [3.63, 3.8) is 0 Å². The molecule has 3 aromatic rings. The van der Waals surface area contributed by atoms with Crippen LogP contribution in [0.2, 0.25) is 0 Å². The lowest BCUT2D eigenvalue weighted by atomic mass is 9.63. The van der Waals surface area contributed by atoms with Gasteiger partial charge in [0.15, 0.2) is 0 Å². The van der Waals surface area contributed by atoms with E-state index in [1.807, 2.05) is 6.92 Å². The number of hydrogen-bond acceptors (Lipinski definition) is 7. The second kappa shape index (κ2) is 13.5. The maximum absolute atomic E-state index is 15.6. The van der Waals surface area contributed by atoms with Crippen molar-refractivity contribution in [1.29, 1.82) is 0 Å². The van der Waals surface area contributed by atoms with E-state index in [2.05, 4.69) is 37.7 Å². The summed E-state index contributed by atoms with van der Waals surface area (Å²) in [4.78, 5) is 32.0. The van der Waals surface area contributed by atoms with E-state index >= 15 is 4.39 Å². The number of carbonyl (C=O) groups is 2. The Hall–Kier alpha value is -4.42. The highest BCUT2D eigenvalue weighted by molar-refractivity contribution is 6.05. The van der Waals surface area contributed by atoms with Gasteiger partial charge in [-0.05, 0) is 37.0 Å². The number of benzene rings is 2. The normalized spacial score (nSPS) is 22.1. The molecule has 15 heteroatoms. The van der Waals surface area contributed by atoms with E-state index in [0.29, 0.717) is 6.54 Å². The number of carbonyl (C=O) groups excluding carboxylic acids is 2. The van der Waals surface area contributed by atoms with E-state index in [4.69, 9.17) is 9.47 Å². The number of alkyl halides is 4. The molecule has 3 heterocycles. The summed E-state index contributed by atoms with van der Waals surface area (Å²) >= 11 is 0. The number of piperidine rings is 1. The Labute approximate surface area is 279 Å². The predicted molar refractivity (Wildman–Crippen MR) is 171 cm³/mol. The van der Waals surface area contributed by atoms with Crippen molar-refractivity contribution in [3.05, 3.63) is 53.1 Å². The Morgan fingerprint density at radius 1 is 1.12 bits per heavy atom. The van der Waals surface area contributed by atoms with Gasteiger partial charge in [-0.2, -0.15) is 13.2 Å². The number of likely N-dealkylation sites (tertiary alicyclic amines) is 1. The number of anilines is 1. The van der Waals surface area contributed by atoms with Gasteiger partial charge in [-0.15, -0.1) is 0 Å². The number of imidazole rings is 1. The molecule has 10 nitrogen and oxygen atoms in total. The van der Waals surface area contributed by atoms with Crippen molar-refractivity contribution in [2.24, 2.45) is 11.3 Å². The standard InChI is InChI=1S/C34H37F5N6O4/c1-19-13-44(21-11-33(12-21)16-49-17-33)14-25(36)29(19)43-32(47)23-7-20(8-27-30(23)42-18-45(27)15-34(37,38)39)5-4-6-41-26-9-22(31(46)40-2)24(35)10-28(26)48-3/h7-10,18-19,21,25,29,41H,6,11-17H2,1-3H3,(H,40,46)(H,43,47). The van der Waals surface area contributed by atoms with Crippen LogP contribution in [0.3, 0.4) is 0 Å². The van der Waals surface area contributed by atoms with E-state index in [-0.39, 0.29) is 69.6 Å². The topological polar surface area (TPSA) is 110 Å². The minimum atomic E-state index is -4.56.